The Bertz CT molecular complexity index is 411. The van der Waals surface area contributed by atoms with Gasteiger partial charge in [0, 0.05) is 11.9 Å². The summed E-state index contributed by atoms with van der Waals surface area (Å²) < 4.78 is 0. The number of nitrogens with two attached hydrogens (primary N) is 1. The van der Waals surface area contributed by atoms with Crippen LogP contribution in [0.25, 0.3) is 0 Å². The van der Waals surface area contributed by atoms with Crippen LogP contribution in [0.4, 0.5) is 0 Å². The Morgan fingerprint density at radius 2 is 1.85 bits per heavy atom. The maximum absolute atomic E-state index is 5.82. The first kappa shape index (κ1) is 15.5. The second-order valence-electron chi connectivity index (χ2n) is 7.35. The molecule has 1 saturated carbocycles. The van der Waals surface area contributed by atoms with Crippen LogP contribution in [0.2, 0.25) is 0 Å². The minimum Gasteiger partial charge on any atom is -0.271 e. The maximum Gasteiger partial charge on any atom is 0.0503 e. The number of aryl methyl sites for hydroxylation is 1. The van der Waals surface area contributed by atoms with Crippen molar-refractivity contribution >= 4 is 0 Å². The first-order valence-electron chi connectivity index (χ1n) is 7.80. The zero-order valence-corrected chi connectivity index (χ0v) is 13.3. The minimum absolute atomic E-state index is 0.240. The Kier molecular flexibility index (Phi) is 4.82. The Hall–Kier alpha value is -0.930. The molecule has 1 aliphatic rings. The van der Waals surface area contributed by atoms with Crippen LogP contribution in [0.1, 0.15) is 63.8 Å². The number of hydrogen-bond acceptors (Lipinski definition) is 3. The van der Waals surface area contributed by atoms with Crippen molar-refractivity contribution in [1.82, 2.24) is 10.4 Å². The highest BCUT2D eigenvalue weighted by Gasteiger charge is 2.33. The second-order valence-corrected chi connectivity index (χ2v) is 7.35. The van der Waals surface area contributed by atoms with Crippen LogP contribution in [-0.4, -0.2) is 4.98 Å². The van der Waals surface area contributed by atoms with Crippen molar-refractivity contribution in [2.45, 2.75) is 59.4 Å². The number of aromatic nitrogens is 1. The molecule has 3 N–H and O–H groups in total. The molecule has 1 unspecified atom stereocenters. The molecule has 1 atom stereocenters. The predicted octanol–water partition coefficient (Wildman–Crippen LogP) is 3.75. The van der Waals surface area contributed by atoms with Crippen LogP contribution < -0.4 is 11.3 Å². The molecule has 0 spiro atoms. The lowest BCUT2D eigenvalue weighted by Crippen LogP contribution is -2.36. The van der Waals surface area contributed by atoms with E-state index in [1.54, 1.807) is 0 Å². The van der Waals surface area contributed by atoms with E-state index >= 15 is 0 Å². The number of hydrazine groups is 1. The van der Waals surface area contributed by atoms with Crippen molar-refractivity contribution in [2.24, 2.45) is 23.1 Å². The first-order valence-corrected chi connectivity index (χ1v) is 7.80. The number of rotatable bonds is 3. The zero-order valence-electron chi connectivity index (χ0n) is 13.3. The molecule has 0 aliphatic heterocycles. The van der Waals surface area contributed by atoms with Crippen LogP contribution >= 0.6 is 0 Å². The third-order valence-electron chi connectivity index (χ3n) is 4.94. The standard InChI is InChI=1S/C17H29N3/c1-12-5-6-14(11-19-12)16(20-18)13-7-9-15(10-8-13)17(2,3)4/h5-6,11,13,15-16,20H,7-10,18H2,1-4H3. The smallest absolute Gasteiger partial charge is 0.0503 e. The van der Waals surface area contributed by atoms with Crippen LogP contribution in [0, 0.1) is 24.2 Å². The van der Waals surface area contributed by atoms with Gasteiger partial charge in [0.1, 0.15) is 0 Å². The van der Waals surface area contributed by atoms with Crippen molar-refractivity contribution < 1.29 is 0 Å². The molecule has 1 aliphatic carbocycles. The molecule has 1 fully saturated rings. The Morgan fingerprint density at radius 3 is 2.30 bits per heavy atom. The maximum atomic E-state index is 5.82. The summed E-state index contributed by atoms with van der Waals surface area (Å²) in [6.07, 6.45) is 7.10. The summed E-state index contributed by atoms with van der Waals surface area (Å²) >= 11 is 0. The van der Waals surface area contributed by atoms with Crippen molar-refractivity contribution in [3.8, 4) is 0 Å². The largest absolute Gasteiger partial charge is 0.271 e. The lowest BCUT2D eigenvalue weighted by atomic mass is 9.68. The van der Waals surface area contributed by atoms with Crippen LogP contribution in [0.3, 0.4) is 0 Å². The van der Waals surface area contributed by atoms with E-state index < -0.39 is 0 Å². The third kappa shape index (κ3) is 3.58. The predicted molar refractivity (Wildman–Crippen MR) is 83.9 cm³/mol. The van der Waals surface area contributed by atoms with Gasteiger partial charge in [-0.2, -0.15) is 0 Å². The van der Waals surface area contributed by atoms with Gasteiger partial charge in [-0.25, -0.2) is 0 Å². The molecular formula is C17H29N3. The fourth-order valence-electron chi connectivity index (χ4n) is 3.49. The van der Waals surface area contributed by atoms with Gasteiger partial charge in [0.15, 0.2) is 0 Å². The minimum atomic E-state index is 0.240. The summed E-state index contributed by atoms with van der Waals surface area (Å²) in [6.45, 7) is 9.10. The molecule has 1 aromatic heterocycles. The zero-order chi connectivity index (χ0) is 14.8. The van der Waals surface area contributed by atoms with Gasteiger partial charge in [-0.1, -0.05) is 26.8 Å². The van der Waals surface area contributed by atoms with E-state index in [0.717, 1.165) is 11.6 Å². The van der Waals surface area contributed by atoms with Gasteiger partial charge in [0.05, 0.1) is 6.04 Å². The number of nitrogens with zero attached hydrogens (tertiary/aromatic N) is 1. The molecule has 1 aromatic rings. The number of nitrogens with one attached hydrogen (secondary N) is 1. The van der Waals surface area contributed by atoms with E-state index in [1.165, 1.54) is 31.2 Å². The Balaban J connectivity index is 2.02. The molecule has 112 valence electrons. The van der Waals surface area contributed by atoms with Gasteiger partial charge >= 0.3 is 0 Å². The van der Waals surface area contributed by atoms with E-state index in [4.69, 9.17) is 5.84 Å². The van der Waals surface area contributed by atoms with Crippen molar-refractivity contribution in [1.29, 1.82) is 0 Å². The highest BCUT2D eigenvalue weighted by molar-refractivity contribution is 5.18. The summed E-state index contributed by atoms with van der Waals surface area (Å²) in [6, 6.07) is 4.47. The monoisotopic (exact) mass is 275 g/mol. The molecule has 20 heavy (non-hydrogen) atoms. The van der Waals surface area contributed by atoms with Crippen LogP contribution in [0.15, 0.2) is 18.3 Å². The molecule has 1 heterocycles. The lowest BCUT2D eigenvalue weighted by Gasteiger charge is -2.39. The van der Waals surface area contributed by atoms with Crippen LogP contribution in [-0.2, 0) is 0 Å². The van der Waals surface area contributed by atoms with Gasteiger partial charge in [-0.05, 0) is 61.5 Å². The topological polar surface area (TPSA) is 50.9 Å². The average Bonchev–Trinajstić information content (AvgIpc) is 2.41. The van der Waals surface area contributed by atoms with E-state index in [-0.39, 0.29) is 6.04 Å². The van der Waals surface area contributed by atoms with Gasteiger partial charge < -0.3 is 0 Å². The molecular weight excluding hydrogens is 246 g/mol. The summed E-state index contributed by atoms with van der Waals surface area (Å²) in [4.78, 5) is 4.40. The average molecular weight is 275 g/mol. The second kappa shape index (κ2) is 6.23. The quantitative estimate of drug-likeness (QED) is 0.652. The third-order valence-corrected chi connectivity index (χ3v) is 4.94. The number of hydrogen-bond donors (Lipinski definition) is 2. The molecule has 0 aromatic carbocycles. The van der Waals surface area contributed by atoms with E-state index in [1.807, 2.05) is 13.1 Å². The van der Waals surface area contributed by atoms with Gasteiger partial charge in [-0.3, -0.25) is 16.3 Å². The fourth-order valence-corrected chi connectivity index (χ4v) is 3.49. The fraction of sp³-hybridized carbons (Fsp3) is 0.706. The summed E-state index contributed by atoms with van der Waals surface area (Å²) in [5.74, 6) is 7.29. The summed E-state index contributed by atoms with van der Waals surface area (Å²) in [5, 5.41) is 0. The molecule has 3 nitrogen and oxygen atoms in total. The van der Waals surface area contributed by atoms with Gasteiger partial charge in [0.25, 0.3) is 0 Å². The molecule has 3 heteroatoms. The van der Waals surface area contributed by atoms with Crippen molar-refractivity contribution in [3.05, 3.63) is 29.6 Å². The SMILES string of the molecule is Cc1ccc(C(NN)C2CCC(C(C)(C)C)CC2)cn1. The highest BCUT2D eigenvalue weighted by Crippen LogP contribution is 2.43. The van der Waals surface area contributed by atoms with Crippen molar-refractivity contribution in [3.63, 3.8) is 0 Å². The highest BCUT2D eigenvalue weighted by atomic mass is 15.2. The molecule has 0 saturated heterocycles. The molecule has 0 amide bonds. The van der Waals surface area contributed by atoms with Gasteiger partial charge in [0.2, 0.25) is 0 Å². The summed E-state index contributed by atoms with van der Waals surface area (Å²) in [5.41, 5.74) is 5.73. The normalized spacial score (nSPS) is 25.4. The number of pyridine rings is 1. The van der Waals surface area contributed by atoms with Gasteiger partial charge in [-0.15, -0.1) is 0 Å². The van der Waals surface area contributed by atoms with E-state index in [0.29, 0.717) is 11.3 Å². The summed E-state index contributed by atoms with van der Waals surface area (Å²) in [7, 11) is 0. The molecule has 0 bridgehead atoms. The first-order chi connectivity index (χ1) is 9.41. The lowest BCUT2D eigenvalue weighted by molar-refractivity contribution is 0.132. The Labute approximate surface area is 123 Å². The van der Waals surface area contributed by atoms with E-state index in [9.17, 15) is 0 Å². The van der Waals surface area contributed by atoms with Crippen molar-refractivity contribution in [2.75, 3.05) is 0 Å². The van der Waals surface area contributed by atoms with Crippen LogP contribution in [0.5, 0.6) is 0 Å². The molecule has 2 rings (SSSR count). The molecule has 0 radical (unpaired) electrons. The van der Waals surface area contributed by atoms with E-state index in [2.05, 4.69) is 43.3 Å². The Morgan fingerprint density at radius 1 is 1.20 bits per heavy atom.